The van der Waals surface area contributed by atoms with Crippen LogP contribution >= 0.6 is 11.3 Å². The molecule has 0 unspecified atom stereocenters. The summed E-state index contributed by atoms with van der Waals surface area (Å²) in [6, 6.07) is 13.7. The number of nitrogens with zero attached hydrogens (tertiary/aromatic N) is 1. The molecule has 0 saturated carbocycles. The van der Waals surface area contributed by atoms with E-state index in [-0.39, 0.29) is 10.5 Å². The number of nitrogens with one attached hydrogen (secondary N) is 2. The molecule has 0 spiro atoms. The maximum Gasteiger partial charge on any atom is 0.338 e. The predicted octanol–water partition coefficient (Wildman–Crippen LogP) is 3.05. The zero-order valence-corrected chi connectivity index (χ0v) is 16.9. The molecule has 0 aliphatic rings. The van der Waals surface area contributed by atoms with Crippen LogP contribution in [0.1, 0.15) is 16.1 Å². The zero-order valence-electron chi connectivity index (χ0n) is 15.3. The van der Waals surface area contributed by atoms with E-state index in [1.807, 2.05) is 0 Å². The summed E-state index contributed by atoms with van der Waals surface area (Å²) in [6.45, 7) is 1.32. The SMILES string of the molecule is Cc1csc(NC(=O)COC(=O)c2ccc(S(=O)(=O)Nc3ccccc3)cc2)n1. The Balaban J connectivity index is 1.57. The summed E-state index contributed by atoms with van der Waals surface area (Å²) in [6.07, 6.45) is 0. The highest BCUT2D eigenvalue weighted by Crippen LogP contribution is 2.17. The summed E-state index contributed by atoms with van der Waals surface area (Å²) in [5.74, 6) is -1.26. The molecule has 0 aliphatic carbocycles. The number of thiazole rings is 1. The molecule has 1 amide bonds. The van der Waals surface area contributed by atoms with Crippen LogP contribution in [0.5, 0.6) is 0 Å². The van der Waals surface area contributed by atoms with Crippen LogP contribution in [-0.4, -0.2) is 31.9 Å². The highest BCUT2D eigenvalue weighted by Gasteiger charge is 2.16. The number of aromatic nitrogens is 1. The standard InChI is InChI=1S/C19H17N3O5S2/c1-13-12-28-19(20-13)21-17(23)11-27-18(24)14-7-9-16(10-8-14)29(25,26)22-15-5-3-2-4-6-15/h2-10,12,22H,11H2,1H3,(H,20,21,23). The molecule has 0 fully saturated rings. The van der Waals surface area contributed by atoms with Gasteiger partial charge in [-0.05, 0) is 43.3 Å². The highest BCUT2D eigenvalue weighted by atomic mass is 32.2. The third kappa shape index (κ3) is 5.62. The van der Waals surface area contributed by atoms with Gasteiger partial charge in [0.15, 0.2) is 11.7 Å². The molecule has 8 nitrogen and oxygen atoms in total. The summed E-state index contributed by atoms with van der Waals surface area (Å²) in [4.78, 5) is 28.0. The molecule has 10 heteroatoms. The summed E-state index contributed by atoms with van der Waals surface area (Å²) in [5.41, 5.74) is 1.33. The van der Waals surface area contributed by atoms with E-state index in [0.29, 0.717) is 10.8 Å². The second-order valence-corrected chi connectivity index (χ2v) is 8.45. The molecular formula is C19H17N3O5S2. The number of hydrogen-bond donors (Lipinski definition) is 2. The van der Waals surface area contributed by atoms with Crippen molar-refractivity contribution < 1.29 is 22.7 Å². The van der Waals surface area contributed by atoms with E-state index in [1.54, 1.807) is 42.6 Å². The molecule has 0 aliphatic heterocycles. The molecule has 0 radical (unpaired) electrons. The monoisotopic (exact) mass is 431 g/mol. The molecular weight excluding hydrogens is 414 g/mol. The zero-order chi connectivity index (χ0) is 20.9. The first-order valence-electron chi connectivity index (χ1n) is 8.40. The lowest BCUT2D eigenvalue weighted by Crippen LogP contribution is -2.21. The fourth-order valence-corrected chi connectivity index (χ4v) is 4.03. The van der Waals surface area contributed by atoms with Crippen LogP contribution in [-0.2, 0) is 19.6 Å². The third-order valence-corrected chi connectivity index (χ3v) is 5.90. The molecule has 29 heavy (non-hydrogen) atoms. The number of rotatable bonds is 7. The number of amides is 1. The Labute approximate surface area is 171 Å². The van der Waals surface area contributed by atoms with E-state index in [9.17, 15) is 18.0 Å². The Kier molecular flexibility index (Phi) is 6.25. The van der Waals surface area contributed by atoms with Crippen molar-refractivity contribution in [2.45, 2.75) is 11.8 Å². The number of aryl methyl sites for hydroxylation is 1. The number of carbonyl (C=O) groups is 2. The molecule has 3 rings (SSSR count). The molecule has 3 aromatic rings. The van der Waals surface area contributed by atoms with Crippen molar-refractivity contribution in [3.63, 3.8) is 0 Å². The topological polar surface area (TPSA) is 114 Å². The lowest BCUT2D eigenvalue weighted by Gasteiger charge is -2.09. The second-order valence-electron chi connectivity index (χ2n) is 5.91. The van der Waals surface area contributed by atoms with Gasteiger partial charge < -0.3 is 4.74 Å². The first-order chi connectivity index (χ1) is 13.8. The van der Waals surface area contributed by atoms with E-state index in [0.717, 1.165) is 5.69 Å². The van der Waals surface area contributed by atoms with Gasteiger partial charge in [-0.3, -0.25) is 14.8 Å². The predicted molar refractivity (Wildman–Crippen MR) is 109 cm³/mol. The fourth-order valence-electron chi connectivity index (χ4n) is 2.27. The minimum atomic E-state index is -3.79. The molecule has 1 aromatic heterocycles. The summed E-state index contributed by atoms with van der Waals surface area (Å²) in [5, 5.41) is 4.73. The number of sulfonamides is 1. The normalized spacial score (nSPS) is 10.9. The summed E-state index contributed by atoms with van der Waals surface area (Å²) >= 11 is 1.27. The quantitative estimate of drug-likeness (QED) is 0.556. The minimum Gasteiger partial charge on any atom is -0.452 e. The van der Waals surface area contributed by atoms with Crippen LogP contribution in [0.15, 0.2) is 64.9 Å². The number of anilines is 2. The second kappa shape index (κ2) is 8.84. The van der Waals surface area contributed by atoms with Gasteiger partial charge in [-0.2, -0.15) is 0 Å². The van der Waals surface area contributed by atoms with Gasteiger partial charge in [-0.15, -0.1) is 11.3 Å². The van der Waals surface area contributed by atoms with Gasteiger partial charge in [0.2, 0.25) is 0 Å². The summed E-state index contributed by atoms with van der Waals surface area (Å²) in [7, 11) is -3.79. The maximum absolute atomic E-state index is 12.4. The van der Waals surface area contributed by atoms with Crippen molar-refractivity contribution in [1.82, 2.24) is 4.98 Å². The van der Waals surface area contributed by atoms with E-state index in [2.05, 4.69) is 15.0 Å². The van der Waals surface area contributed by atoms with Gasteiger partial charge in [-0.25, -0.2) is 18.2 Å². The molecule has 0 saturated heterocycles. The van der Waals surface area contributed by atoms with Gasteiger partial charge in [0, 0.05) is 11.1 Å². The van der Waals surface area contributed by atoms with Crippen LogP contribution < -0.4 is 10.0 Å². The molecule has 2 aromatic carbocycles. The lowest BCUT2D eigenvalue weighted by molar-refractivity contribution is -0.119. The average molecular weight is 431 g/mol. The molecule has 0 bridgehead atoms. The lowest BCUT2D eigenvalue weighted by atomic mass is 10.2. The van der Waals surface area contributed by atoms with E-state index in [1.165, 1.54) is 35.6 Å². The molecule has 1 heterocycles. The van der Waals surface area contributed by atoms with Gasteiger partial charge in [-0.1, -0.05) is 18.2 Å². The van der Waals surface area contributed by atoms with Crippen molar-refractivity contribution in [1.29, 1.82) is 0 Å². The smallest absolute Gasteiger partial charge is 0.338 e. The molecule has 2 N–H and O–H groups in total. The van der Waals surface area contributed by atoms with E-state index < -0.39 is 28.5 Å². The number of esters is 1. The number of hydrogen-bond acceptors (Lipinski definition) is 7. The van der Waals surface area contributed by atoms with Crippen molar-refractivity contribution in [2.24, 2.45) is 0 Å². The van der Waals surface area contributed by atoms with Crippen LogP contribution in [0.2, 0.25) is 0 Å². The Morgan fingerprint density at radius 3 is 2.38 bits per heavy atom. The minimum absolute atomic E-state index is 0.00483. The maximum atomic E-state index is 12.4. The summed E-state index contributed by atoms with van der Waals surface area (Å²) < 4.78 is 32.2. The van der Waals surface area contributed by atoms with E-state index in [4.69, 9.17) is 4.74 Å². The van der Waals surface area contributed by atoms with Gasteiger partial charge in [0.25, 0.3) is 15.9 Å². The van der Waals surface area contributed by atoms with Gasteiger partial charge >= 0.3 is 5.97 Å². The van der Waals surface area contributed by atoms with Crippen molar-refractivity contribution in [3.8, 4) is 0 Å². The van der Waals surface area contributed by atoms with Crippen molar-refractivity contribution in [3.05, 3.63) is 71.2 Å². The number of benzene rings is 2. The fraction of sp³-hybridized carbons (Fsp3) is 0.105. The molecule has 0 atom stereocenters. The average Bonchev–Trinajstić information content (AvgIpc) is 3.11. The van der Waals surface area contributed by atoms with Gasteiger partial charge in [0.1, 0.15) is 0 Å². The van der Waals surface area contributed by atoms with Crippen LogP contribution in [0.4, 0.5) is 10.8 Å². The number of para-hydroxylation sites is 1. The third-order valence-electron chi connectivity index (χ3n) is 3.63. The van der Waals surface area contributed by atoms with Gasteiger partial charge in [0.05, 0.1) is 16.2 Å². The Morgan fingerprint density at radius 1 is 1.07 bits per heavy atom. The Morgan fingerprint density at radius 2 is 1.76 bits per heavy atom. The Hall–Kier alpha value is -3.24. The van der Waals surface area contributed by atoms with Crippen molar-refractivity contribution >= 4 is 44.1 Å². The highest BCUT2D eigenvalue weighted by molar-refractivity contribution is 7.92. The van der Waals surface area contributed by atoms with Crippen LogP contribution in [0, 0.1) is 6.92 Å². The largest absolute Gasteiger partial charge is 0.452 e. The number of ether oxygens (including phenoxy) is 1. The van der Waals surface area contributed by atoms with Crippen LogP contribution in [0.25, 0.3) is 0 Å². The first-order valence-corrected chi connectivity index (χ1v) is 10.8. The molecule has 150 valence electrons. The Bertz CT molecular complexity index is 1110. The van der Waals surface area contributed by atoms with Crippen LogP contribution in [0.3, 0.4) is 0 Å². The number of carbonyl (C=O) groups excluding carboxylic acids is 2. The van der Waals surface area contributed by atoms with E-state index >= 15 is 0 Å². The first kappa shape index (κ1) is 20.5. The van der Waals surface area contributed by atoms with Crippen molar-refractivity contribution in [2.75, 3.05) is 16.6 Å².